The number of nitrogen functional groups attached to an aromatic ring is 1. The van der Waals surface area contributed by atoms with Crippen molar-refractivity contribution in [2.45, 2.75) is 0 Å². The van der Waals surface area contributed by atoms with Crippen molar-refractivity contribution in [3.05, 3.63) is 52.3 Å². The number of amides is 2. The molecule has 2 aromatic carbocycles. The fourth-order valence-electron chi connectivity index (χ4n) is 1.52. The van der Waals surface area contributed by atoms with Crippen LogP contribution in [-0.2, 0) is 0 Å². The molecular formula is C13H10Cl2FN3O. The topological polar surface area (TPSA) is 67.1 Å². The Morgan fingerprint density at radius 1 is 1.00 bits per heavy atom. The van der Waals surface area contributed by atoms with Crippen LogP contribution in [0, 0.1) is 5.82 Å². The van der Waals surface area contributed by atoms with E-state index in [2.05, 4.69) is 10.6 Å². The molecule has 0 aliphatic rings. The van der Waals surface area contributed by atoms with Gasteiger partial charge in [-0.25, -0.2) is 9.18 Å². The van der Waals surface area contributed by atoms with E-state index in [1.165, 1.54) is 24.3 Å². The van der Waals surface area contributed by atoms with Crippen molar-refractivity contribution in [2.75, 3.05) is 16.4 Å². The van der Waals surface area contributed by atoms with Crippen molar-refractivity contribution in [1.82, 2.24) is 0 Å². The molecule has 104 valence electrons. The van der Waals surface area contributed by atoms with Gasteiger partial charge >= 0.3 is 6.03 Å². The molecule has 0 heterocycles. The van der Waals surface area contributed by atoms with Gasteiger partial charge < -0.3 is 16.4 Å². The van der Waals surface area contributed by atoms with Gasteiger partial charge in [-0.15, -0.1) is 0 Å². The van der Waals surface area contributed by atoms with E-state index in [0.29, 0.717) is 15.7 Å². The van der Waals surface area contributed by atoms with Crippen LogP contribution in [0.4, 0.5) is 26.2 Å². The Hall–Kier alpha value is -1.98. The summed E-state index contributed by atoms with van der Waals surface area (Å²) in [6.07, 6.45) is 0. The molecule has 0 saturated heterocycles. The maximum Gasteiger partial charge on any atom is 0.323 e. The normalized spacial score (nSPS) is 10.2. The molecule has 7 heteroatoms. The number of benzene rings is 2. The smallest absolute Gasteiger partial charge is 0.323 e. The summed E-state index contributed by atoms with van der Waals surface area (Å²) in [5.41, 5.74) is 6.06. The highest BCUT2D eigenvalue weighted by atomic mass is 35.5. The van der Waals surface area contributed by atoms with Gasteiger partial charge in [0.05, 0.1) is 5.69 Å². The van der Waals surface area contributed by atoms with E-state index in [-0.39, 0.29) is 11.4 Å². The number of rotatable bonds is 2. The summed E-state index contributed by atoms with van der Waals surface area (Å²) in [5.74, 6) is -0.603. The molecule has 20 heavy (non-hydrogen) atoms. The molecule has 2 amide bonds. The van der Waals surface area contributed by atoms with Crippen LogP contribution in [0.25, 0.3) is 0 Å². The summed E-state index contributed by atoms with van der Waals surface area (Å²) < 4.78 is 13.2. The number of nitrogens with two attached hydrogens (primary N) is 1. The van der Waals surface area contributed by atoms with E-state index in [1.54, 1.807) is 6.07 Å². The van der Waals surface area contributed by atoms with Gasteiger partial charge in [0.25, 0.3) is 0 Å². The Bertz CT molecular complexity index is 644. The summed E-state index contributed by atoms with van der Waals surface area (Å²) >= 11 is 11.6. The average molecular weight is 314 g/mol. The van der Waals surface area contributed by atoms with Gasteiger partial charge in [0.2, 0.25) is 0 Å². The molecule has 0 unspecified atom stereocenters. The van der Waals surface area contributed by atoms with E-state index >= 15 is 0 Å². The molecule has 0 fully saturated rings. The highest BCUT2D eigenvalue weighted by Gasteiger charge is 2.06. The van der Waals surface area contributed by atoms with Gasteiger partial charge in [-0.05, 0) is 36.4 Å². The zero-order valence-corrected chi connectivity index (χ0v) is 11.6. The number of nitrogens with one attached hydrogen (secondary N) is 2. The fourth-order valence-corrected chi connectivity index (χ4v) is 2.05. The molecule has 0 atom stereocenters. The van der Waals surface area contributed by atoms with E-state index in [4.69, 9.17) is 28.9 Å². The highest BCUT2D eigenvalue weighted by Crippen LogP contribution is 2.23. The first kappa shape index (κ1) is 14.4. The van der Waals surface area contributed by atoms with Crippen molar-refractivity contribution in [3.63, 3.8) is 0 Å². The molecule has 0 saturated carbocycles. The first-order valence-electron chi connectivity index (χ1n) is 5.53. The second-order valence-corrected chi connectivity index (χ2v) is 4.85. The van der Waals surface area contributed by atoms with Crippen LogP contribution in [0.15, 0.2) is 36.4 Å². The lowest BCUT2D eigenvalue weighted by atomic mass is 10.2. The van der Waals surface area contributed by atoms with Gasteiger partial charge in [-0.1, -0.05) is 23.2 Å². The Labute approximate surface area is 124 Å². The molecule has 0 aliphatic carbocycles. The fraction of sp³-hybridized carbons (Fsp3) is 0. The molecule has 4 N–H and O–H groups in total. The predicted molar refractivity (Wildman–Crippen MR) is 79.9 cm³/mol. The molecule has 0 aliphatic heterocycles. The number of halogens is 3. The van der Waals surface area contributed by atoms with Gasteiger partial charge in [0.15, 0.2) is 0 Å². The monoisotopic (exact) mass is 313 g/mol. The lowest BCUT2D eigenvalue weighted by Gasteiger charge is -2.09. The lowest BCUT2D eigenvalue weighted by molar-refractivity contribution is 0.262. The van der Waals surface area contributed by atoms with E-state index in [0.717, 1.165) is 6.07 Å². The summed E-state index contributed by atoms with van der Waals surface area (Å²) in [5, 5.41) is 5.79. The Kier molecular flexibility index (Phi) is 4.32. The van der Waals surface area contributed by atoms with Crippen LogP contribution in [0.2, 0.25) is 10.0 Å². The summed E-state index contributed by atoms with van der Waals surface area (Å²) in [6, 6.07) is 8.05. The molecule has 2 rings (SSSR count). The third kappa shape index (κ3) is 3.76. The lowest BCUT2D eigenvalue weighted by Crippen LogP contribution is -2.19. The molecule has 0 bridgehead atoms. The standard InChI is InChI=1S/C13H10Cl2FN3O/c14-7-3-8(15)5-10(4-7)19-13(20)18-9-1-2-12(17)11(16)6-9/h1-6H,17H2,(H2,18,19,20). The Morgan fingerprint density at radius 3 is 2.20 bits per heavy atom. The molecular weight excluding hydrogens is 304 g/mol. The van der Waals surface area contributed by atoms with Gasteiger partial charge in [-0.2, -0.15) is 0 Å². The maximum atomic E-state index is 13.2. The summed E-state index contributed by atoms with van der Waals surface area (Å²) in [7, 11) is 0. The third-order valence-electron chi connectivity index (χ3n) is 2.38. The number of carbonyl (C=O) groups is 1. The largest absolute Gasteiger partial charge is 0.396 e. The number of urea groups is 1. The van der Waals surface area contributed by atoms with Crippen molar-refractivity contribution in [1.29, 1.82) is 0 Å². The Balaban J connectivity index is 2.06. The molecule has 0 spiro atoms. The van der Waals surface area contributed by atoms with Crippen molar-refractivity contribution in [2.24, 2.45) is 0 Å². The van der Waals surface area contributed by atoms with E-state index in [9.17, 15) is 9.18 Å². The molecule has 2 aromatic rings. The zero-order chi connectivity index (χ0) is 14.7. The molecule has 0 radical (unpaired) electrons. The molecule has 0 aromatic heterocycles. The van der Waals surface area contributed by atoms with E-state index in [1.807, 2.05) is 0 Å². The van der Waals surface area contributed by atoms with Crippen molar-refractivity contribution >= 4 is 46.3 Å². The maximum absolute atomic E-state index is 13.2. The molecule has 4 nitrogen and oxygen atoms in total. The Morgan fingerprint density at radius 2 is 1.60 bits per heavy atom. The number of carbonyl (C=O) groups excluding carboxylic acids is 1. The minimum atomic E-state index is -0.603. The number of anilines is 3. The second kappa shape index (κ2) is 5.98. The summed E-state index contributed by atoms with van der Waals surface area (Å²) in [4.78, 5) is 11.7. The van der Waals surface area contributed by atoms with Crippen LogP contribution in [0.3, 0.4) is 0 Å². The van der Waals surface area contributed by atoms with Crippen molar-refractivity contribution in [3.8, 4) is 0 Å². The highest BCUT2D eigenvalue weighted by molar-refractivity contribution is 6.35. The van der Waals surface area contributed by atoms with Crippen LogP contribution in [0.1, 0.15) is 0 Å². The average Bonchev–Trinajstić information content (AvgIpc) is 2.32. The minimum absolute atomic E-state index is 0.0116. The minimum Gasteiger partial charge on any atom is -0.396 e. The number of hydrogen-bond acceptors (Lipinski definition) is 2. The van der Waals surface area contributed by atoms with Crippen LogP contribution in [-0.4, -0.2) is 6.03 Å². The quantitative estimate of drug-likeness (QED) is 0.721. The van der Waals surface area contributed by atoms with Gasteiger partial charge in [-0.3, -0.25) is 0 Å². The second-order valence-electron chi connectivity index (χ2n) is 3.97. The van der Waals surface area contributed by atoms with Crippen LogP contribution >= 0.6 is 23.2 Å². The number of hydrogen-bond donors (Lipinski definition) is 3. The van der Waals surface area contributed by atoms with Crippen LogP contribution < -0.4 is 16.4 Å². The van der Waals surface area contributed by atoms with E-state index < -0.39 is 11.8 Å². The first-order chi connectivity index (χ1) is 9.44. The zero-order valence-electron chi connectivity index (χ0n) is 10.1. The van der Waals surface area contributed by atoms with Crippen molar-refractivity contribution < 1.29 is 9.18 Å². The first-order valence-corrected chi connectivity index (χ1v) is 6.29. The SMILES string of the molecule is Nc1ccc(NC(=O)Nc2cc(Cl)cc(Cl)c2)cc1F. The third-order valence-corrected chi connectivity index (χ3v) is 2.82. The van der Waals surface area contributed by atoms with Gasteiger partial charge in [0.1, 0.15) is 5.82 Å². The summed E-state index contributed by atoms with van der Waals surface area (Å²) in [6.45, 7) is 0. The van der Waals surface area contributed by atoms with Gasteiger partial charge in [0, 0.05) is 21.4 Å². The predicted octanol–water partition coefficient (Wildman–Crippen LogP) is 4.36. The van der Waals surface area contributed by atoms with Crippen LogP contribution in [0.5, 0.6) is 0 Å².